The Morgan fingerprint density at radius 3 is 2.33 bits per heavy atom. The Kier molecular flexibility index (Phi) is 6.06. The highest BCUT2D eigenvalue weighted by molar-refractivity contribution is 8.07. The molecule has 1 aromatic carbocycles. The highest BCUT2D eigenvalue weighted by Crippen LogP contribution is 2.34. The molecule has 0 saturated carbocycles. The lowest BCUT2D eigenvalue weighted by Gasteiger charge is -2.34. The Balaban J connectivity index is 2.04. The first-order valence-corrected chi connectivity index (χ1v) is 9.80. The van der Waals surface area contributed by atoms with Crippen molar-refractivity contribution in [3.8, 4) is 0 Å². The molecular formula is C17H28N2S2. The van der Waals surface area contributed by atoms with E-state index in [2.05, 4.69) is 80.9 Å². The molecule has 0 aliphatic carbocycles. The second kappa shape index (κ2) is 7.40. The predicted molar refractivity (Wildman–Crippen MR) is 98.1 cm³/mol. The van der Waals surface area contributed by atoms with Crippen LogP contribution < -0.4 is 11.3 Å². The van der Waals surface area contributed by atoms with E-state index in [9.17, 15) is 0 Å². The van der Waals surface area contributed by atoms with E-state index in [1.807, 2.05) is 0 Å². The Morgan fingerprint density at radius 2 is 1.81 bits per heavy atom. The largest absolute Gasteiger partial charge is 0.271 e. The molecule has 4 heteroatoms. The molecule has 2 nitrogen and oxygen atoms in total. The standard InChI is InChI=1S/C17H28N2S2/c1-12-16(21-10-9-20-12)15(19-18)11-13-5-7-14(8-6-13)17(2,3)4/h5-8,12,15-16,19H,9-11,18H2,1-4H3. The number of hydrogen-bond acceptors (Lipinski definition) is 4. The van der Waals surface area contributed by atoms with Crippen LogP contribution in [-0.2, 0) is 11.8 Å². The van der Waals surface area contributed by atoms with Crippen molar-refractivity contribution in [2.75, 3.05) is 11.5 Å². The van der Waals surface area contributed by atoms with Crippen LogP contribution in [-0.4, -0.2) is 28.0 Å². The molecular weight excluding hydrogens is 296 g/mol. The van der Waals surface area contributed by atoms with Crippen molar-refractivity contribution in [1.82, 2.24) is 5.43 Å². The topological polar surface area (TPSA) is 38.0 Å². The summed E-state index contributed by atoms with van der Waals surface area (Å²) in [4.78, 5) is 0. The molecule has 3 N–H and O–H groups in total. The van der Waals surface area contributed by atoms with Crippen LogP contribution in [0, 0.1) is 0 Å². The fourth-order valence-corrected chi connectivity index (χ4v) is 5.70. The van der Waals surface area contributed by atoms with Gasteiger partial charge in [0.15, 0.2) is 0 Å². The maximum Gasteiger partial charge on any atom is 0.0380 e. The van der Waals surface area contributed by atoms with E-state index in [1.165, 1.54) is 22.6 Å². The molecule has 1 heterocycles. The molecule has 118 valence electrons. The third-order valence-corrected chi connectivity index (χ3v) is 7.37. The maximum atomic E-state index is 5.84. The lowest BCUT2D eigenvalue weighted by atomic mass is 9.86. The zero-order valence-electron chi connectivity index (χ0n) is 13.6. The van der Waals surface area contributed by atoms with E-state index in [4.69, 9.17) is 5.84 Å². The Hall–Kier alpha value is -0.160. The number of nitrogens with one attached hydrogen (secondary N) is 1. The SMILES string of the molecule is CC1SCCSC1C(Cc1ccc(C(C)(C)C)cc1)NN. The highest BCUT2D eigenvalue weighted by atomic mass is 32.2. The Bertz CT molecular complexity index is 439. The van der Waals surface area contributed by atoms with Crippen LogP contribution in [0.2, 0.25) is 0 Å². The zero-order valence-corrected chi connectivity index (χ0v) is 15.2. The van der Waals surface area contributed by atoms with Crippen LogP contribution in [0.1, 0.15) is 38.8 Å². The van der Waals surface area contributed by atoms with Gasteiger partial charge in [-0.1, -0.05) is 52.0 Å². The molecule has 2 rings (SSSR count). The summed E-state index contributed by atoms with van der Waals surface area (Å²) in [6, 6.07) is 9.38. The third kappa shape index (κ3) is 4.65. The Morgan fingerprint density at radius 1 is 1.19 bits per heavy atom. The second-order valence-corrected chi connectivity index (χ2v) is 9.61. The summed E-state index contributed by atoms with van der Waals surface area (Å²) < 4.78 is 0. The van der Waals surface area contributed by atoms with Crippen molar-refractivity contribution in [2.45, 2.75) is 56.1 Å². The average Bonchev–Trinajstić information content (AvgIpc) is 2.45. The van der Waals surface area contributed by atoms with E-state index in [0.717, 1.165) is 6.42 Å². The molecule has 0 radical (unpaired) electrons. The molecule has 1 aliphatic rings. The van der Waals surface area contributed by atoms with Gasteiger partial charge in [-0.25, -0.2) is 0 Å². The molecule has 1 saturated heterocycles. The van der Waals surface area contributed by atoms with Crippen molar-refractivity contribution in [3.05, 3.63) is 35.4 Å². The molecule has 21 heavy (non-hydrogen) atoms. The van der Waals surface area contributed by atoms with Gasteiger partial charge in [0.05, 0.1) is 0 Å². The average molecular weight is 325 g/mol. The summed E-state index contributed by atoms with van der Waals surface area (Å²) in [5.41, 5.74) is 6.04. The fraction of sp³-hybridized carbons (Fsp3) is 0.647. The fourth-order valence-electron chi connectivity index (χ4n) is 2.76. The zero-order chi connectivity index (χ0) is 15.5. The number of nitrogens with two attached hydrogens (primary N) is 1. The van der Waals surface area contributed by atoms with Gasteiger partial charge in [-0.15, -0.1) is 0 Å². The summed E-state index contributed by atoms with van der Waals surface area (Å²) >= 11 is 4.14. The summed E-state index contributed by atoms with van der Waals surface area (Å²) in [6.07, 6.45) is 1.00. The van der Waals surface area contributed by atoms with Gasteiger partial charge in [0.2, 0.25) is 0 Å². The molecule has 0 spiro atoms. The van der Waals surface area contributed by atoms with Crippen LogP contribution in [0.15, 0.2) is 24.3 Å². The molecule has 1 aliphatic heterocycles. The van der Waals surface area contributed by atoms with Crippen LogP contribution in [0.4, 0.5) is 0 Å². The van der Waals surface area contributed by atoms with Gasteiger partial charge >= 0.3 is 0 Å². The first-order chi connectivity index (χ1) is 9.91. The number of rotatable bonds is 4. The van der Waals surface area contributed by atoms with E-state index in [-0.39, 0.29) is 5.41 Å². The summed E-state index contributed by atoms with van der Waals surface area (Å²) in [5, 5.41) is 1.26. The van der Waals surface area contributed by atoms with Crippen molar-refractivity contribution in [2.24, 2.45) is 5.84 Å². The minimum atomic E-state index is 0.217. The van der Waals surface area contributed by atoms with Crippen molar-refractivity contribution in [1.29, 1.82) is 0 Å². The highest BCUT2D eigenvalue weighted by Gasteiger charge is 2.29. The Labute approximate surface area is 138 Å². The molecule has 0 amide bonds. The summed E-state index contributed by atoms with van der Waals surface area (Å²) in [5.74, 6) is 8.34. The minimum absolute atomic E-state index is 0.217. The van der Waals surface area contributed by atoms with Gasteiger partial charge < -0.3 is 0 Å². The number of hydrogen-bond donors (Lipinski definition) is 2. The predicted octanol–water partition coefficient (Wildman–Crippen LogP) is 3.60. The number of thioether (sulfide) groups is 2. The minimum Gasteiger partial charge on any atom is -0.271 e. The number of hydrazine groups is 1. The number of benzene rings is 1. The van der Waals surface area contributed by atoms with Gasteiger partial charge in [-0.05, 0) is 23.0 Å². The van der Waals surface area contributed by atoms with Crippen molar-refractivity contribution >= 4 is 23.5 Å². The summed E-state index contributed by atoms with van der Waals surface area (Å²) in [7, 11) is 0. The molecule has 3 unspecified atom stereocenters. The summed E-state index contributed by atoms with van der Waals surface area (Å²) in [6.45, 7) is 9.09. The van der Waals surface area contributed by atoms with E-state index in [0.29, 0.717) is 16.5 Å². The van der Waals surface area contributed by atoms with Gasteiger partial charge in [-0.2, -0.15) is 23.5 Å². The van der Waals surface area contributed by atoms with E-state index >= 15 is 0 Å². The molecule has 0 aromatic heterocycles. The molecule has 0 bridgehead atoms. The van der Waals surface area contributed by atoms with Gasteiger partial charge in [0.25, 0.3) is 0 Å². The first-order valence-electron chi connectivity index (χ1n) is 7.70. The molecule has 1 fully saturated rings. The van der Waals surface area contributed by atoms with E-state index < -0.39 is 0 Å². The maximum absolute atomic E-state index is 5.84. The van der Waals surface area contributed by atoms with Crippen LogP contribution >= 0.6 is 23.5 Å². The molecule has 1 aromatic rings. The van der Waals surface area contributed by atoms with Gasteiger partial charge in [-0.3, -0.25) is 11.3 Å². The lowest BCUT2D eigenvalue weighted by Crippen LogP contribution is -2.48. The van der Waals surface area contributed by atoms with E-state index in [1.54, 1.807) is 0 Å². The normalized spacial score (nSPS) is 24.8. The van der Waals surface area contributed by atoms with Crippen molar-refractivity contribution in [3.63, 3.8) is 0 Å². The monoisotopic (exact) mass is 324 g/mol. The smallest absolute Gasteiger partial charge is 0.0380 e. The second-order valence-electron chi connectivity index (χ2n) is 6.84. The van der Waals surface area contributed by atoms with Crippen LogP contribution in [0.3, 0.4) is 0 Å². The van der Waals surface area contributed by atoms with Crippen LogP contribution in [0.25, 0.3) is 0 Å². The van der Waals surface area contributed by atoms with Crippen LogP contribution in [0.5, 0.6) is 0 Å². The molecule has 3 atom stereocenters. The van der Waals surface area contributed by atoms with Gasteiger partial charge in [0.1, 0.15) is 0 Å². The third-order valence-electron chi connectivity index (χ3n) is 4.12. The van der Waals surface area contributed by atoms with Gasteiger partial charge in [0, 0.05) is 28.0 Å². The lowest BCUT2D eigenvalue weighted by molar-refractivity contribution is 0.501. The quantitative estimate of drug-likeness (QED) is 0.655. The van der Waals surface area contributed by atoms with Crippen molar-refractivity contribution < 1.29 is 0 Å². The first kappa shape index (κ1) is 17.2.